The predicted octanol–water partition coefficient (Wildman–Crippen LogP) is 7.03. The maximum atomic E-state index is 14.2. The second-order valence-corrected chi connectivity index (χ2v) is 13.5. The number of carbonyl (C=O) groups excluding carboxylic acids is 1. The van der Waals surface area contributed by atoms with Gasteiger partial charge in [-0.25, -0.2) is 14.2 Å². The average Bonchev–Trinajstić information content (AvgIpc) is 3.38. The largest absolute Gasteiger partial charge is 0.493 e. The lowest BCUT2D eigenvalue weighted by Crippen LogP contribution is -2.40. The zero-order valence-corrected chi connectivity index (χ0v) is 29.8. The standard InChI is InChI=1S/C36H27BrFIN2O5S/c1-3-45-35(43)30-31(23-7-5-4-6-8-23)40-36-41(32(30)24-11-15-26(38)16-12-24)34(42)29(47-36)19-22-17-27(39)33(28(18-22)44-2)46-20-21-9-13-25(37)14-10-21/h4-19,32H,3,20H2,1-2H3/b29-19-/t32-/m0/s1. The van der Waals surface area contributed by atoms with Crippen LogP contribution in [0.2, 0.25) is 0 Å². The van der Waals surface area contributed by atoms with Crippen molar-refractivity contribution in [2.24, 2.45) is 4.99 Å². The minimum Gasteiger partial charge on any atom is -0.493 e. The Morgan fingerprint density at radius 2 is 1.79 bits per heavy atom. The van der Waals surface area contributed by atoms with Crippen LogP contribution in [0.15, 0.2) is 111 Å². The molecule has 1 aromatic heterocycles. The Kier molecular flexibility index (Phi) is 10.0. The molecular weight excluding hydrogens is 798 g/mol. The number of methoxy groups -OCH3 is 1. The van der Waals surface area contributed by atoms with Crippen LogP contribution in [0.4, 0.5) is 4.39 Å². The summed E-state index contributed by atoms with van der Waals surface area (Å²) in [5.41, 5.74) is 3.22. The summed E-state index contributed by atoms with van der Waals surface area (Å²) in [4.78, 5) is 33.0. The van der Waals surface area contributed by atoms with E-state index < -0.39 is 17.8 Å². The van der Waals surface area contributed by atoms with Gasteiger partial charge in [-0.2, -0.15) is 0 Å². The van der Waals surface area contributed by atoms with Gasteiger partial charge in [-0.15, -0.1) is 0 Å². The molecule has 5 aromatic rings. The van der Waals surface area contributed by atoms with E-state index in [-0.39, 0.29) is 17.7 Å². The second-order valence-electron chi connectivity index (χ2n) is 10.4. The van der Waals surface area contributed by atoms with Gasteiger partial charge < -0.3 is 14.2 Å². The average molecular weight is 825 g/mol. The number of aromatic nitrogens is 1. The lowest BCUT2D eigenvalue weighted by atomic mass is 9.93. The third-order valence-corrected chi connectivity index (χ3v) is 9.72. The van der Waals surface area contributed by atoms with Gasteiger partial charge in [-0.3, -0.25) is 9.36 Å². The lowest BCUT2D eigenvalue weighted by Gasteiger charge is -2.25. The molecule has 1 aliphatic rings. The van der Waals surface area contributed by atoms with Crippen molar-refractivity contribution in [1.29, 1.82) is 0 Å². The number of thiazole rings is 1. The Labute approximate surface area is 295 Å². The van der Waals surface area contributed by atoms with Gasteiger partial charge in [0.15, 0.2) is 16.3 Å². The number of rotatable bonds is 9. The van der Waals surface area contributed by atoms with E-state index in [1.54, 1.807) is 32.2 Å². The maximum Gasteiger partial charge on any atom is 0.338 e. The maximum absolute atomic E-state index is 14.2. The number of benzene rings is 4. The molecule has 47 heavy (non-hydrogen) atoms. The number of nitrogens with zero attached hydrogens (tertiary/aromatic N) is 2. The van der Waals surface area contributed by atoms with Gasteiger partial charge in [0.05, 0.1) is 39.1 Å². The number of halogens is 3. The summed E-state index contributed by atoms with van der Waals surface area (Å²) in [5.74, 6) is 0.0846. The molecule has 7 nitrogen and oxygen atoms in total. The van der Waals surface area contributed by atoms with Crippen LogP contribution in [-0.4, -0.2) is 24.3 Å². The molecule has 0 aliphatic carbocycles. The molecule has 0 radical (unpaired) electrons. The third-order valence-electron chi connectivity index (χ3n) is 7.41. The van der Waals surface area contributed by atoms with Crippen LogP contribution < -0.4 is 24.4 Å². The van der Waals surface area contributed by atoms with Gasteiger partial charge in [0, 0.05) is 10.0 Å². The normalized spacial score (nSPS) is 14.4. The number of hydrogen-bond acceptors (Lipinski definition) is 7. The highest BCUT2D eigenvalue weighted by Gasteiger charge is 2.35. The van der Waals surface area contributed by atoms with Crippen LogP contribution in [0.25, 0.3) is 11.8 Å². The molecule has 0 spiro atoms. The van der Waals surface area contributed by atoms with Crippen LogP contribution in [0.1, 0.15) is 35.2 Å². The van der Waals surface area contributed by atoms with Crippen LogP contribution in [0.3, 0.4) is 0 Å². The SMILES string of the molecule is CCOC(=O)C1=C(c2ccccc2)N=c2s/c(=C\c3cc(I)c(OCc4ccc(Br)cc4)c(OC)c3)c(=O)n2[C@H]1c1ccc(F)cc1. The van der Waals surface area contributed by atoms with Gasteiger partial charge in [-0.1, -0.05) is 81.9 Å². The smallest absolute Gasteiger partial charge is 0.338 e. The summed E-state index contributed by atoms with van der Waals surface area (Å²) in [6.07, 6.45) is 1.77. The molecule has 0 unspecified atom stereocenters. The van der Waals surface area contributed by atoms with Crippen LogP contribution in [0, 0.1) is 9.39 Å². The van der Waals surface area contributed by atoms with Gasteiger partial charge in [0.1, 0.15) is 12.4 Å². The molecule has 11 heteroatoms. The Morgan fingerprint density at radius 3 is 2.47 bits per heavy atom. The number of ether oxygens (including phenoxy) is 3. The third kappa shape index (κ3) is 6.97. The molecule has 1 aliphatic heterocycles. The van der Waals surface area contributed by atoms with Crippen molar-refractivity contribution < 1.29 is 23.4 Å². The van der Waals surface area contributed by atoms with E-state index in [0.29, 0.717) is 44.3 Å². The quantitative estimate of drug-likeness (QED) is 0.118. The molecule has 4 aromatic carbocycles. The highest BCUT2D eigenvalue weighted by atomic mass is 127. The highest BCUT2D eigenvalue weighted by Crippen LogP contribution is 2.36. The Hall–Kier alpha value is -4.07. The minimum absolute atomic E-state index is 0.133. The molecular formula is C36H27BrFIN2O5S. The van der Waals surface area contributed by atoms with Crippen LogP contribution >= 0.6 is 49.9 Å². The van der Waals surface area contributed by atoms with Gasteiger partial charge >= 0.3 is 5.97 Å². The Morgan fingerprint density at radius 1 is 1.06 bits per heavy atom. The van der Waals surface area contributed by atoms with Gasteiger partial charge in [0.25, 0.3) is 5.56 Å². The summed E-state index contributed by atoms with van der Waals surface area (Å²) in [6, 6.07) is 25.7. The topological polar surface area (TPSA) is 79.1 Å². The van der Waals surface area contributed by atoms with Crippen molar-refractivity contribution in [3.63, 3.8) is 0 Å². The van der Waals surface area contributed by atoms with E-state index in [9.17, 15) is 14.0 Å². The molecule has 0 amide bonds. The second kappa shape index (κ2) is 14.4. The zero-order valence-electron chi connectivity index (χ0n) is 25.2. The minimum atomic E-state index is -0.896. The van der Waals surface area contributed by atoms with E-state index in [2.05, 4.69) is 38.5 Å². The molecule has 1 atom stereocenters. The van der Waals surface area contributed by atoms with Gasteiger partial charge in [-0.05, 0) is 88.7 Å². The first-order valence-electron chi connectivity index (χ1n) is 14.6. The summed E-state index contributed by atoms with van der Waals surface area (Å²) >= 11 is 6.85. The summed E-state index contributed by atoms with van der Waals surface area (Å²) in [6.45, 7) is 2.21. The van der Waals surface area contributed by atoms with Crippen molar-refractivity contribution in [2.75, 3.05) is 13.7 Å². The van der Waals surface area contributed by atoms with Crippen LogP contribution in [0.5, 0.6) is 11.5 Å². The van der Waals surface area contributed by atoms with Crippen LogP contribution in [-0.2, 0) is 16.1 Å². The van der Waals surface area contributed by atoms with E-state index in [4.69, 9.17) is 19.2 Å². The summed E-state index contributed by atoms with van der Waals surface area (Å²) in [7, 11) is 1.57. The number of carbonyl (C=O) groups is 1. The number of fused-ring (bicyclic) bond motifs is 1. The van der Waals surface area contributed by atoms with Crippen molar-refractivity contribution in [1.82, 2.24) is 4.57 Å². The molecule has 0 saturated heterocycles. The van der Waals surface area contributed by atoms with E-state index in [1.165, 1.54) is 28.0 Å². The zero-order chi connectivity index (χ0) is 33.1. The van der Waals surface area contributed by atoms with Crippen molar-refractivity contribution in [3.05, 3.63) is 152 Å². The Balaban J connectivity index is 1.48. The first kappa shape index (κ1) is 32.9. The Bertz CT molecular complexity index is 2160. The van der Waals surface area contributed by atoms with Crippen molar-refractivity contribution in [2.45, 2.75) is 19.6 Å². The van der Waals surface area contributed by atoms with Gasteiger partial charge in [0.2, 0.25) is 0 Å². The monoisotopic (exact) mass is 824 g/mol. The first-order chi connectivity index (χ1) is 22.8. The fourth-order valence-corrected chi connectivity index (χ4v) is 7.30. The van der Waals surface area contributed by atoms with E-state index in [1.807, 2.05) is 66.7 Å². The molecule has 0 bridgehead atoms. The molecule has 0 N–H and O–H groups in total. The van der Waals surface area contributed by atoms with E-state index in [0.717, 1.165) is 19.2 Å². The fraction of sp³-hybridized carbons (Fsp3) is 0.139. The highest BCUT2D eigenvalue weighted by molar-refractivity contribution is 14.1. The molecule has 6 rings (SSSR count). The lowest BCUT2D eigenvalue weighted by molar-refractivity contribution is -0.138. The molecule has 238 valence electrons. The summed E-state index contributed by atoms with van der Waals surface area (Å²) < 4.78 is 35.0. The van der Waals surface area contributed by atoms with Crippen molar-refractivity contribution in [3.8, 4) is 11.5 Å². The molecule has 0 saturated carbocycles. The number of hydrogen-bond donors (Lipinski definition) is 0. The summed E-state index contributed by atoms with van der Waals surface area (Å²) in [5, 5.41) is 0. The van der Waals surface area contributed by atoms with Crippen molar-refractivity contribution >= 4 is 67.6 Å². The first-order valence-corrected chi connectivity index (χ1v) is 17.2. The van der Waals surface area contributed by atoms with E-state index >= 15 is 0 Å². The fourth-order valence-electron chi connectivity index (χ4n) is 5.25. The number of esters is 1. The molecule has 2 heterocycles. The molecule has 0 fully saturated rings. The predicted molar refractivity (Wildman–Crippen MR) is 192 cm³/mol.